The lowest BCUT2D eigenvalue weighted by Crippen LogP contribution is -2.29. The maximum atomic E-state index is 12.2. The highest BCUT2D eigenvalue weighted by Gasteiger charge is 2.29. The minimum Gasteiger partial charge on any atom is -0.461 e. The molecule has 4 heteroatoms. The van der Waals surface area contributed by atoms with Crippen molar-refractivity contribution in [2.45, 2.75) is 54.1 Å². The van der Waals surface area contributed by atoms with Crippen LogP contribution in [0.15, 0.2) is 36.9 Å². The lowest BCUT2D eigenvalue weighted by atomic mass is 9.85. The van der Waals surface area contributed by atoms with Crippen LogP contribution in [0.2, 0.25) is 0 Å². The van der Waals surface area contributed by atoms with Gasteiger partial charge in [0.1, 0.15) is 12.4 Å². The third-order valence-electron chi connectivity index (χ3n) is 4.33. The fraction of sp³-hybridized carbons (Fsp3) is 0.545. The number of esters is 1. The van der Waals surface area contributed by atoms with Crippen LogP contribution in [0.25, 0.3) is 0 Å². The third kappa shape index (κ3) is 6.75. The van der Waals surface area contributed by atoms with Gasteiger partial charge in [0.25, 0.3) is 0 Å². The molecule has 0 amide bonds. The number of rotatable bonds is 11. The fourth-order valence-electron chi connectivity index (χ4n) is 2.72. The molecule has 0 unspecified atom stereocenters. The van der Waals surface area contributed by atoms with E-state index >= 15 is 0 Å². The molecule has 144 valence electrons. The molecular formula is C22H32O4. The zero-order valence-corrected chi connectivity index (χ0v) is 16.8. The predicted molar refractivity (Wildman–Crippen MR) is 104 cm³/mol. The standard InChI is InChI=1S/C22H32O4/c1-7-12-26-20(24)21(3,4)14-17-10-9-11-18(13-17)15-25-16-22(5,6)19(23)8-2/h7,9-11,13H,1,8,12,14-16H2,2-6H3. The van der Waals surface area contributed by atoms with Crippen molar-refractivity contribution < 1.29 is 19.1 Å². The van der Waals surface area contributed by atoms with Gasteiger partial charge >= 0.3 is 5.97 Å². The summed E-state index contributed by atoms with van der Waals surface area (Å²) in [5.41, 5.74) is 0.995. The Bertz CT molecular complexity index is 629. The second kappa shape index (κ2) is 9.67. The van der Waals surface area contributed by atoms with Crippen LogP contribution in [0, 0.1) is 10.8 Å². The van der Waals surface area contributed by atoms with Crippen LogP contribution >= 0.6 is 0 Å². The Kier molecular flexibility index (Phi) is 8.22. The van der Waals surface area contributed by atoms with E-state index in [9.17, 15) is 9.59 Å². The summed E-state index contributed by atoms with van der Waals surface area (Å²) in [6.45, 7) is 14.1. The van der Waals surface area contributed by atoms with Gasteiger partial charge in [0, 0.05) is 11.8 Å². The van der Waals surface area contributed by atoms with Crippen molar-refractivity contribution in [3.8, 4) is 0 Å². The fourth-order valence-corrected chi connectivity index (χ4v) is 2.72. The SMILES string of the molecule is C=CCOC(=O)C(C)(C)Cc1cccc(COCC(C)(C)C(=O)CC)c1. The summed E-state index contributed by atoms with van der Waals surface area (Å²) in [5, 5.41) is 0. The van der Waals surface area contributed by atoms with E-state index in [1.807, 2.05) is 58.9 Å². The number of benzene rings is 1. The molecule has 0 fully saturated rings. The van der Waals surface area contributed by atoms with E-state index in [0.717, 1.165) is 11.1 Å². The summed E-state index contributed by atoms with van der Waals surface area (Å²) in [7, 11) is 0. The molecule has 0 N–H and O–H groups in total. The van der Waals surface area contributed by atoms with Gasteiger partial charge in [0.05, 0.1) is 18.6 Å². The second-order valence-electron chi connectivity index (χ2n) is 7.92. The van der Waals surface area contributed by atoms with Crippen molar-refractivity contribution in [2.24, 2.45) is 10.8 Å². The van der Waals surface area contributed by atoms with Crippen LogP contribution in [0.5, 0.6) is 0 Å². The first-order valence-corrected chi connectivity index (χ1v) is 9.09. The first kappa shape index (κ1) is 22.1. The number of ketones is 1. The van der Waals surface area contributed by atoms with Gasteiger partial charge in [0.2, 0.25) is 0 Å². The molecule has 1 rings (SSSR count). The van der Waals surface area contributed by atoms with Gasteiger partial charge in [-0.2, -0.15) is 0 Å². The van der Waals surface area contributed by atoms with E-state index in [1.165, 1.54) is 0 Å². The summed E-state index contributed by atoms with van der Waals surface area (Å²) in [6.07, 6.45) is 2.66. The molecule has 0 aliphatic rings. The minimum atomic E-state index is -0.613. The molecule has 0 saturated heterocycles. The molecule has 1 aromatic carbocycles. The molecule has 0 heterocycles. The van der Waals surface area contributed by atoms with Gasteiger partial charge in [-0.3, -0.25) is 9.59 Å². The quantitative estimate of drug-likeness (QED) is 0.430. The molecule has 0 aliphatic heterocycles. The number of ether oxygens (including phenoxy) is 2. The first-order valence-electron chi connectivity index (χ1n) is 9.09. The smallest absolute Gasteiger partial charge is 0.312 e. The van der Waals surface area contributed by atoms with Crippen molar-refractivity contribution in [3.05, 3.63) is 48.0 Å². The molecule has 0 spiro atoms. The Morgan fingerprint density at radius 2 is 1.77 bits per heavy atom. The molecule has 0 atom stereocenters. The normalized spacial score (nSPS) is 11.9. The minimum absolute atomic E-state index is 0.200. The van der Waals surface area contributed by atoms with E-state index in [2.05, 4.69) is 6.58 Å². The van der Waals surface area contributed by atoms with Crippen LogP contribution in [-0.2, 0) is 32.1 Å². The Morgan fingerprint density at radius 1 is 1.12 bits per heavy atom. The van der Waals surface area contributed by atoms with Gasteiger partial charge < -0.3 is 9.47 Å². The van der Waals surface area contributed by atoms with Crippen LogP contribution in [0.3, 0.4) is 0 Å². The van der Waals surface area contributed by atoms with E-state index in [1.54, 1.807) is 6.08 Å². The maximum absolute atomic E-state index is 12.2. The lowest BCUT2D eigenvalue weighted by molar-refractivity contribution is -0.152. The highest BCUT2D eigenvalue weighted by Crippen LogP contribution is 2.25. The number of hydrogen-bond acceptors (Lipinski definition) is 4. The molecule has 0 aliphatic carbocycles. The molecule has 0 radical (unpaired) electrons. The van der Waals surface area contributed by atoms with Crippen LogP contribution < -0.4 is 0 Å². The van der Waals surface area contributed by atoms with Crippen molar-refractivity contribution in [2.75, 3.05) is 13.2 Å². The van der Waals surface area contributed by atoms with Gasteiger partial charge in [0.15, 0.2) is 0 Å². The van der Waals surface area contributed by atoms with Gasteiger partial charge in [-0.1, -0.05) is 57.7 Å². The summed E-state index contributed by atoms with van der Waals surface area (Å²) < 4.78 is 10.9. The summed E-state index contributed by atoms with van der Waals surface area (Å²) in [5.74, 6) is -0.0371. The molecule has 26 heavy (non-hydrogen) atoms. The zero-order chi connectivity index (χ0) is 19.8. The largest absolute Gasteiger partial charge is 0.461 e. The molecule has 0 saturated carbocycles. The monoisotopic (exact) mass is 360 g/mol. The lowest BCUT2D eigenvalue weighted by Gasteiger charge is -2.23. The van der Waals surface area contributed by atoms with E-state index in [4.69, 9.17) is 9.47 Å². The van der Waals surface area contributed by atoms with E-state index in [0.29, 0.717) is 26.1 Å². The third-order valence-corrected chi connectivity index (χ3v) is 4.33. The van der Waals surface area contributed by atoms with Gasteiger partial charge in [-0.05, 0) is 31.4 Å². The summed E-state index contributed by atoms with van der Waals surface area (Å²) >= 11 is 0. The van der Waals surface area contributed by atoms with Crippen molar-refractivity contribution in [1.82, 2.24) is 0 Å². The highest BCUT2D eigenvalue weighted by molar-refractivity contribution is 5.83. The average molecular weight is 360 g/mol. The number of carbonyl (C=O) groups is 2. The van der Waals surface area contributed by atoms with Crippen LogP contribution in [0.1, 0.15) is 52.2 Å². The predicted octanol–water partition coefficient (Wildman–Crippen LogP) is 4.51. The molecule has 4 nitrogen and oxygen atoms in total. The van der Waals surface area contributed by atoms with Crippen molar-refractivity contribution in [1.29, 1.82) is 0 Å². The topological polar surface area (TPSA) is 52.6 Å². The molecular weight excluding hydrogens is 328 g/mol. The molecule has 0 bridgehead atoms. The Morgan fingerprint density at radius 3 is 2.38 bits per heavy atom. The maximum Gasteiger partial charge on any atom is 0.312 e. The Labute approximate surface area is 157 Å². The van der Waals surface area contributed by atoms with Gasteiger partial charge in [-0.15, -0.1) is 0 Å². The number of Topliss-reactive ketones (excluding diaryl/α,β-unsaturated/α-hetero) is 1. The van der Waals surface area contributed by atoms with Crippen LogP contribution in [-0.4, -0.2) is 25.0 Å². The van der Waals surface area contributed by atoms with Crippen molar-refractivity contribution in [3.63, 3.8) is 0 Å². The average Bonchev–Trinajstić information content (AvgIpc) is 2.58. The van der Waals surface area contributed by atoms with E-state index in [-0.39, 0.29) is 18.4 Å². The summed E-state index contributed by atoms with van der Waals surface area (Å²) in [4.78, 5) is 24.1. The molecule has 1 aromatic rings. The Hall–Kier alpha value is -1.94. The summed E-state index contributed by atoms with van der Waals surface area (Å²) in [6, 6.07) is 7.98. The zero-order valence-electron chi connectivity index (χ0n) is 16.8. The number of carbonyl (C=O) groups excluding carboxylic acids is 2. The van der Waals surface area contributed by atoms with Crippen molar-refractivity contribution >= 4 is 11.8 Å². The van der Waals surface area contributed by atoms with E-state index < -0.39 is 10.8 Å². The van der Waals surface area contributed by atoms with Gasteiger partial charge in [-0.25, -0.2) is 0 Å². The molecule has 0 aromatic heterocycles. The first-order chi connectivity index (χ1) is 12.1. The van der Waals surface area contributed by atoms with Crippen LogP contribution in [0.4, 0.5) is 0 Å². The number of hydrogen-bond donors (Lipinski definition) is 0. The second-order valence-corrected chi connectivity index (χ2v) is 7.92. The highest BCUT2D eigenvalue weighted by atomic mass is 16.5. The Balaban J connectivity index is 2.66.